The fourth-order valence-electron chi connectivity index (χ4n) is 7.55. The normalized spacial score (nSPS) is 28.0. The largest absolute Gasteiger partial charge is 0.573 e. The van der Waals surface area contributed by atoms with E-state index in [2.05, 4.69) is 32.2 Å². The number of hydrogen-bond donors (Lipinski definition) is 3. The standard InChI is InChI=1S/C30H32F5N7O3/c1-12-20-21-27(38-23(12)18-9-41(4)10-19(43)37-18)42-11-29(3)6-5-17(40-29)25(42)13(2)44-28(21)39-24(22(20)32)15-7-14(36)8-16(31)26(15)45-30(33,34)35/h7-8,13,17-18,25,40H,5-6,9-11,36H2,1-4H3,(H,37,43)/t13-,17-,18?,25+,29+/m0/s1. The number of aryl methyl sites for hydroxylation is 1. The third-order valence-corrected chi connectivity index (χ3v) is 9.31. The maximum atomic E-state index is 17.0. The molecule has 4 aliphatic heterocycles. The minimum atomic E-state index is -5.29. The van der Waals surface area contributed by atoms with Gasteiger partial charge in [0.1, 0.15) is 17.6 Å². The van der Waals surface area contributed by atoms with Crippen LogP contribution in [0.3, 0.4) is 0 Å². The van der Waals surface area contributed by atoms with Crippen LogP contribution in [-0.2, 0) is 4.79 Å². The lowest BCUT2D eigenvalue weighted by Gasteiger charge is -2.47. The molecule has 45 heavy (non-hydrogen) atoms. The summed E-state index contributed by atoms with van der Waals surface area (Å²) in [7, 11) is 1.79. The monoisotopic (exact) mass is 633 g/mol. The Kier molecular flexibility index (Phi) is 6.61. The van der Waals surface area contributed by atoms with Gasteiger partial charge in [-0.3, -0.25) is 9.69 Å². The number of benzene rings is 1. The lowest BCUT2D eigenvalue weighted by molar-refractivity contribution is -0.275. The number of nitrogens with one attached hydrogen (secondary N) is 2. The van der Waals surface area contributed by atoms with E-state index in [0.29, 0.717) is 36.2 Å². The molecular formula is C30H32F5N7O3. The van der Waals surface area contributed by atoms with Crippen LogP contribution in [0.4, 0.5) is 33.5 Å². The SMILES string of the molecule is Cc1c(C2CN(C)CC(=O)N2)nc2c3c(nc(-c4cc(N)cc(F)c4OC(F)(F)F)c(F)c13)O[C@@H](C)[C@@H]1[C@@H]3CC[C@](C)(CN21)N3. The van der Waals surface area contributed by atoms with Crippen LogP contribution < -0.4 is 30.7 Å². The van der Waals surface area contributed by atoms with Crippen LogP contribution in [-0.4, -0.2) is 77.5 Å². The number of alkyl halides is 3. The summed E-state index contributed by atoms with van der Waals surface area (Å²) in [6.45, 7) is 6.68. The van der Waals surface area contributed by atoms with Crippen LogP contribution in [0.25, 0.3) is 22.0 Å². The summed E-state index contributed by atoms with van der Waals surface area (Å²) < 4.78 is 82.7. The average Bonchev–Trinajstić information content (AvgIpc) is 3.18. The molecular weight excluding hydrogens is 601 g/mol. The first kappa shape index (κ1) is 29.7. The van der Waals surface area contributed by atoms with Crippen molar-refractivity contribution in [3.05, 3.63) is 35.0 Å². The number of hydrogen-bond acceptors (Lipinski definition) is 9. The number of likely N-dealkylation sites (N-methyl/N-ethyl adjacent to an activating group) is 1. The zero-order valence-corrected chi connectivity index (χ0v) is 25.0. The smallest absolute Gasteiger partial charge is 0.472 e. The molecule has 2 aromatic heterocycles. The maximum absolute atomic E-state index is 17.0. The number of ether oxygens (including phenoxy) is 2. The highest BCUT2D eigenvalue weighted by Gasteiger charge is 2.51. The van der Waals surface area contributed by atoms with Crippen LogP contribution in [0.15, 0.2) is 12.1 Å². The van der Waals surface area contributed by atoms with Crippen LogP contribution in [0.1, 0.15) is 44.0 Å². The first-order valence-electron chi connectivity index (χ1n) is 14.7. The fraction of sp³-hybridized carbons (Fsp3) is 0.500. The highest BCUT2D eigenvalue weighted by molar-refractivity contribution is 6.02. The van der Waals surface area contributed by atoms with Gasteiger partial charge in [0.05, 0.1) is 35.3 Å². The zero-order chi connectivity index (χ0) is 32.2. The van der Waals surface area contributed by atoms with Crippen LogP contribution in [0.5, 0.6) is 11.6 Å². The lowest BCUT2D eigenvalue weighted by Crippen LogP contribution is -2.66. The third kappa shape index (κ3) is 4.87. The van der Waals surface area contributed by atoms with E-state index in [-0.39, 0.29) is 52.4 Å². The van der Waals surface area contributed by atoms with Crippen LogP contribution in [0.2, 0.25) is 0 Å². The number of nitrogen functional groups attached to an aromatic ring is 1. The van der Waals surface area contributed by atoms with Gasteiger partial charge in [0.15, 0.2) is 17.4 Å². The molecule has 0 saturated carbocycles. The van der Waals surface area contributed by atoms with Crippen molar-refractivity contribution in [2.75, 3.05) is 37.3 Å². The number of rotatable bonds is 3. The molecule has 5 atom stereocenters. The van der Waals surface area contributed by atoms with Crippen molar-refractivity contribution < 1.29 is 36.2 Å². The van der Waals surface area contributed by atoms with E-state index < -0.39 is 47.1 Å². The molecule has 7 rings (SSSR count). The second kappa shape index (κ2) is 10.0. The number of halogens is 5. The second-order valence-electron chi connectivity index (χ2n) is 12.8. The predicted octanol–water partition coefficient (Wildman–Crippen LogP) is 3.95. The van der Waals surface area contributed by atoms with Gasteiger partial charge in [0, 0.05) is 41.8 Å². The van der Waals surface area contributed by atoms with Crippen molar-refractivity contribution in [2.24, 2.45) is 0 Å². The number of pyridine rings is 2. The topological polar surface area (TPSA) is 118 Å². The number of anilines is 2. The maximum Gasteiger partial charge on any atom is 0.573 e. The van der Waals surface area contributed by atoms with Gasteiger partial charge in [0.2, 0.25) is 11.8 Å². The Morgan fingerprint density at radius 3 is 2.67 bits per heavy atom. The summed E-state index contributed by atoms with van der Waals surface area (Å²) in [6, 6.07) is 0.793. The van der Waals surface area contributed by atoms with Crippen LogP contribution >= 0.6 is 0 Å². The molecule has 6 heterocycles. The van der Waals surface area contributed by atoms with Crippen molar-refractivity contribution in [2.45, 2.75) is 69.7 Å². The Morgan fingerprint density at radius 1 is 1.20 bits per heavy atom. The number of amides is 1. The molecule has 10 nitrogen and oxygen atoms in total. The van der Waals surface area contributed by atoms with E-state index in [1.807, 2.05) is 11.8 Å². The molecule has 4 aliphatic rings. The van der Waals surface area contributed by atoms with Crippen molar-refractivity contribution in [3.63, 3.8) is 0 Å². The molecule has 1 aromatic carbocycles. The molecule has 1 amide bonds. The molecule has 4 N–H and O–H groups in total. The van der Waals surface area contributed by atoms with Gasteiger partial charge >= 0.3 is 6.36 Å². The molecule has 15 heteroatoms. The van der Waals surface area contributed by atoms with Crippen molar-refractivity contribution in [1.29, 1.82) is 0 Å². The molecule has 0 radical (unpaired) electrons. The summed E-state index contributed by atoms with van der Waals surface area (Å²) in [5.41, 5.74) is 4.79. The first-order valence-corrected chi connectivity index (χ1v) is 14.7. The summed E-state index contributed by atoms with van der Waals surface area (Å²) in [6.07, 6.45) is -4.03. The van der Waals surface area contributed by atoms with Crippen molar-refractivity contribution in [3.8, 4) is 22.9 Å². The van der Waals surface area contributed by atoms with Gasteiger partial charge in [-0.1, -0.05) is 0 Å². The number of carbonyl (C=O) groups excluding carboxylic acids is 1. The number of piperazine rings is 2. The minimum absolute atomic E-state index is 0.00862. The highest BCUT2D eigenvalue weighted by Crippen LogP contribution is 2.49. The van der Waals surface area contributed by atoms with Gasteiger partial charge in [-0.15, -0.1) is 13.2 Å². The highest BCUT2D eigenvalue weighted by atomic mass is 19.4. The fourth-order valence-corrected chi connectivity index (χ4v) is 7.55. The van der Waals surface area contributed by atoms with Gasteiger partial charge in [-0.2, -0.15) is 0 Å². The van der Waals surface area contributed by atoms with Gasteiger partial charge in [-0.05, 0) is 52.3 Å². The molecule has 0 spiro atoms. The predicted molar refractivity (Wildman–Crippen MR) is 155 cm³/mol. The average molecular weight is 634 g/mol. The summed E-state index contributed by atoms with van der Waals surface area (Å²) in [5.74, 6) is -3.62. The van der Waals surface area contributed by atoms with E-state index in [1.54, 1.807) is 14.0 Å². The van der Waals surface area contributed by atoms with E-state index in [1.165, 1.54) is 0 Å². The van der Waals surface area contributed by atoms with Gasteiger partial charge in [0.25, 0.3) is 0 Å². The Labute approximate surface area is 255 Å². The lowest BCUT2D eigenvalue weighted by atomic mass is 9.94. The van der Waals surface area contributed by atoms with Crippen LogP contribution in [0, 0.1) is 18.6 Å². The van der Waals surface area contributed by atoms with Gasteiger partial charge < -0.3 is 30.7 Å². The molecule has 240 valence electrons. The molecule has 2 bridgehead atoms. The number of nitrogens with zero attached hydrogens (tertiary/aromatic N) is 4. The number of carbonyl (C=O) groups is 1. The Hall–Kier alpha value is -3.98. The molecule has 3 aromatic rings. The summed E-state index contributed by atoms with van der Waals surface area (Å²) in [5, 5.41) is 6.87. The third-order valence-electron chi connectivity index (χ3n) is 9.31. The molecule has 0 aliphatic carbocycles. The summed E-state index contributed by atoms with van der Waals surface area (Å²) >= 11 is 0. The van der Waals surface area contributed by atoms with E-state index in [9.17, 15) is 22.4 Å². The molecule has 3 saturated heterocycles. The number of nitrogens with two attached hydrogens (primary N) is 1. The summed E-state index contributed by atoms with van der Waals surface area (Å²) in [4.78, 5) is 26.0. The first-order chi connectivity index (χ1) is 21.1. The van der Waals surface area contributed by atoms with E-state index in [0.717, 1.165) is 18.9 Å². The van der Waals surface area contributed by atoms with Crippen molar-refractivity contribution in [1.82, 2.24) is 25.5 Å². The number of aromatic nitrogens is 2. The molecule has 3 fully saturated rings. The number of fused-ring (bicyclic) bond motifs is 5. The molecule has 1 unspecified atom stereocenters. The minimum Gasteiger partial charge on any atom is -0.472 e. The quantitative estimate of drug-likeness (QED) is 0.291. The van der Waals surface area contributed by atoms with E-state index in [4.69, 9.17) is 15.5 Å². The Balaban J connectivity index is 1.54. The van der Waals surface area contributed by atoms with E-state index >= 15 is 4.39 Å². The van der Waals surface area contributed by atoms with Crippen molar-refractivity contribution >= 4 is 28.2 Å². The second-order valence-corrected chi connectivity index (χ2v) is 12.8. The Bertz CT molecular complexity index is 1750. The zero-order valence-electron chi connectivity index (χ0n) is 25.0. The van der Waals surface area contributed by atoms with Gasteiger partial charge in [-0.25, -0.2) is 18.7 Å². The Morgan fingerprint density at radius 2 is 1.96 bits per heavy atom.